The quantitative estimate of drug-likeness (QED) is 0.0273. The average Bonchev–Trinajstić information content (AvgIpc) is 3.25. The van der Waals surface area contributed by atoms with E-state index in [9.17, 15) is 30.3 Å². The highest BCUT2D eigenvalue weighted by Gasteiger charge is 2.44. The molecular formula is C51H81NO8. The van der Waals surface area contributed by atoms with E-state index in [4.69, 9.17) is 9.47 Å². The van der Waals surface area contributed by atoms with E-state index < -0.39 is 49.5 Å². The minimum atomic E-state index is -1.59. The molecule has 9 heteroatoms. The average molecular weight is 836 g/mol. The van der Waals surface area contributed by atoms with Crippen molar-refractivity contribution in [2.75, 3.05) is 13.2 Å². The van der Waals surface area contributed by atoms with Gasteiger partial charge in [0.15, 0.2) is 6.29 Å². The number of allylic oxidation sites excluding steroid dienone is 19. The molecular weight excluding hydrogens is 755 g/mol. The number of aliphatic hydroxyl groups is 5. The highest BCUT2D eigenvalue weighted by molar-refractivity contribution is 5.76. The Morgan fingerprint density at radius 2 is 1.05 bits per heavy atom. The van der Waals surface area contributed by atoms with Gasteiger partial charge in [0, 0.05) is 6.42 Å². The second kappa shape index (κ2) is 39.7. The van der Waals surface area contributed by atoms with Gasteiger partial charge in [0.1, 0.15) is 24.4 Å². The fraction of sp³-hybridized carbons (Fsp3) is 0.588. The van der Waals surface area contributed by atoms with Crippen molar-refractivity contribution >= 4 is 5.91 Å². The number of ether oxygens (including phenoxy) is 2. The van der Waals surface area contributed by atoms with E-state index in [2.05, 4.69) is 129 Å². The van der Waals surface area contributed by atoms with Crippen LogP contribution in [0.15, 0.2) is 122 Å². The Labute approximate surface area is 363 Å². The number of hydrogen-bond acceptors (Lipinski definition) is 8. The smallest absolute Gasteiger partial charge is 0.220 e. The van der Waals surface area contributed by atoms with Crippen molar-refractivity contribution in [2.45, 2.75) is 179 Å². The van der Waals surface area contributed by atoms with Crippen LogP contribution in [-0.4, -0.2) is 87.5 Å². The van der Waals surface area contributed by atoms with Crippen molar-refractivity contribution in [1.29, 1.82) is 0 Å². The second-order valence-corrected chi connectivity index (χ2v) is 15.1. The lowest BCUT2D eigenvalue weighted by atomic mass is 9.99. The SMILES string of the molecule is CC/C=C\C/C=C\C/C=C\C/C=C\C/C=C\C/C=C\C/C=C\CCCCCC(=O)NC(COC1OC(CO)C(O)C(O)C1O)C(O)/C=C/CC/C=C/CC/C=C/CCCC. The Balaban J connectivity index is 2.39. The first-order chi connectivity index (χ1) is 29.3. The van der Waals surface area contributed by atoms with Gasteiger partial charge in [-0.15, -0.1) is 0 Å². The van der Waals surface area contributed by atoms with Crippen LogP contribution in [0.4, 0.5) is 0 Å². The molecule has 1 aliphatic rings. The molecule has 0 radical (unpaired) electrons. The maximum atomic E-state index is 12.9. The molecule has 0 bridgehead atoms. The van der Waals surface area contributed by atoms with E-state index in [0.717, 1.165) is 89.9 Å². The number of aliphatic hydroxyl groups excluding tert-OH is 5. The third-order valence-electron chi connectivity index (χ3n) is 9.75. The normalized spacial score (nSPS) is 21.8. The van der Waals surface area contributed by atoms with Crippen LogP contribution in [-0.2, 0) is 14.3 Å². The maximum absolute atomic E-state index is 12.9. The third-order valence-corrected chi connectivity index (χ3v) is 9.75. The lowest BCUT2D eigenvalue weighted by molar-refractivity contribution is -0.302. The molecule has 6 N–H and O–H groups in total. The van der Waals surface area contributed by atoms with Crippen molar-refractivity contribution < 1.29 is 39.8 Å². The Morgan fingerprint density at radius 1 is 0.583 bits per heavy atom. The van der Waals surface area contributed by atoms with Crippen LogP contribution in [0, 0.1) is 0 Å². The molecule has 1 saturated heterocycles. The molecule has 338 valence electrons. The number of unbranched alkanes of at least 4 members (excludes halogenated alkanes) is 7. The van der Waals surface area contributed by atoms with E-state index in [0.29, 0.717) is 12.8 Å². The van der Waals surface area contributed by atoms with Gasteiger partial charge in [-0.3, -0.25) is 4.79 Å². The molecule has 1 amide bonds. The minimum absolute atomic E-state index is 0.229. The summed E-state index contributed by atoms with van der Waals surface area (Å²) >= 11 is 0. The molecule has 1 rings (SSSR count). The summed E-state index contributed by atoms with van der Waals surface area (Å²) in [7, 11) is 0. The molecule has 7 atom stereocenters. The summed E-state index contributed by atoms with van der Waals surface area (Å²) < 4.78 is 11.2. The third kappa shape index (κ3) is 29.8. The molecule has 0 spiro atoms. The summed E-state index contributed by atoms with van der Waals surface area (Å²) in [4.78, 5) is 12.9. The van der Waals surface area contributed by atoms with Gasteiger partial charge < -0.3 is 40.3 Å². The van der Waals surface area contributed by atoms with E-state index in [-0.39, 0.29) is 18.9 Å². The Kier molecular flexibility index (Phi) is 36.1. The first-order valence-corrected chi connectivity index (χ1v) is 22.8. The first kappa shape index (κ1) is 54.6. The highest BCUT2D eigenvalue weighted by Crippen LogP contribution is 2.22. The van der Waals surface area contributed by atoms with E-state index >= 15 is 0 Å². The zero-order chi connectivity index (χ0) is 43.7. The van der Waals surface area contributed by atoms with Gasteiger partial charge in [-0.05, 0) is 96.3 Å². The standard InChI is InChI=1S/C51H81NO8/c1-3-5-7-9-11-13-15-17-18-19-20-21-22-23-24-25-26-27-28-29-31-33-35-37-39-41-47(55)52-44(43-59-51-50(58)49(57)48(56)46(42-53)60-51)45(54)40-38-36-34-32-30-16-14-12-10-8-6-4-2/h5,7,10-13,17-18,20-21,23-24,26-27,29-32,38,40,44-46,48-51,53-54,56-58H,3-4,6,8-9,14-16,19,22,25,28,33-37,39,41-43H2,1-2H3,(H,52,55)/b7-5-,12-10+,13-11-,18-17-,21-20-,24-23-,27-26-,31-29-,32-30+,40-38+. The van der Waals surface area contributed by atoms with Crippen LogP contribution in [0.5, 0.6) is 0 Å². The number of rotatable bonds is 35. The number of amides is 1. The molecule has 60 heavy (non-hydrogen) atoms. The first-order valence-electron chi connectivity index (χ1n) is 22.8. The fourth-order valence-corrected chi connectivity index (χ4v) is 6.09. The van der Waals surface area contributed by atoms with Crippen molar-refractivity contribution in [2.24, 2.45) is 0 Å². The van der Waals surface area contributed by atoms with Crippen LogP contribution in [0.25, 0.3) is 0 Å². The molecule has 0 aromatic rings. The Bertz CT molecular complexity index is 1340. The highest BCUT2D eigenvalue weighted by atomic mass is 16.7. The van der Waals surface area contributed by atoms with Crippen molar-refractivity contribution in [3.63, 3.8) is 0 Å². The zero-order valence-corrected chi connectivity index (χ0v) is 36.9. The Morgan fingerprint density at radius 3 is 1.57 bits per heavy atom. The molecule has 0 aromatic heterocycles. The van der Waals surface area contributed by atoms with Gasteiger partial charge in [0.25, 0.3) is 0 Å². The lowest BCUT2D eigenvalue weighted by Gasteiger charge is -2.40. The lowest BCUT2D eigenvalue weighted by Crippen LogP contribution is -2.60. The van der Waals surface area contributed by atoms with E-state index in [1.165, 1.54) is 12.8 Å². The van der Waals surface area contributed by atoms with E-state index in [1.807, 2.05) is 6.08 Å². The molecule has 7 unspecified atom stereocenters. The molecule has 1 aliphatic heterocycles. The Hall–Kier alpha value is -3.41. The second-order valence-electron chi connectivity index (χ2n) is 15.1. The number of nitrogens with one attached hydrogen (secondary N) is 1. The van der Waals surface area contributed by atoms with Crippen molar-refractivity contribution in [3.05, 3.63) is 122 Å². The van der Waals surface area contributed by atoms with Crippen molar-refractivity contribution in [1.82, 2.24) is 5.32 Å². The predicted molar refractivity (Wildman–Crippen MR) is 248 cm³/mol. The van der Waals surface area contributed by atoms with Crippen LogP contribution in [0.2, 0.25) is 0 Å². The van der Waals surface area contributed by atoms with Crippen LogP contribution >= 0.6 is 0 Å². The molecule has 9 nitrogen and oxygen atoms in total. The van der Waals surface area contributed by atoms with Gasteiger partial charge in [0.2, 0.25) is 5.91 Å². The summed E-state index contributed by atoms with van der Waals surface area (Å²) in [5.74, 6) is -0.232. The van der Waals surface area contributed by atoms with Gasteiger partial charge in [0.05, 0.1) is 25.4 Å². The predicted octanol–water partition coefficient (Wildman–Crippen LogP) is 9.66. The fourth-order valence-electron chi connectivity index (χ4n) is 6.09. The molecule has 1 heterocycles. The van der Waals surface area contributed by atoms with Gasteiger partial charge in [-0.2, -0.15) is 0 Å². The monoisotopic (exact) mass is 836 g/mol. The molecule has 0 aliphatic carbocycles. The summed E-state index contributed by atoms with van der Waals surface area (Å²) in [6, 6.07) is -0.854. The number of hydrogen-bond donors (Lipinski definition) is 6. The largest absolute Gasteiger partial charge is 0.394 e. The summed E-state index contributed by atoms with van der Waals surface area (Å²) in [5, 5.41) is 54.0. The van der Waals surface area contributed by atoms with Gasteiger partial charge in [-0.1, -0.05) is 155 Å². The van der Waals surface area contributed by atoms with Gasteiger partial charge >= 0.3 is 0 Å². The van der Waals surface area contributed by atoms with Crippen LogP contribution in [0.1, 0.15) is 136 Å². The summed E-state index contributed by atoms with van der Waals surface area (Å²) in [5.41, 5.74) is 0. The number of carbonyl (C=O) groups excluding carboxylic acids is 1. The maximum Gasteiger partial charge on any atom is 0.220 e. The molecule has 0 saturated carbocycles. The van der Waals surface area contributed by atoms with Crippen LogP contribution < -0.4 is 5.32 Å². The van der Waals surface area contributed by atoms with Gasteiger partial charge in [-0.25, -0.2) is 0 Å². The zero-order valence-electron chi connectivity index (χ0n) is 36.9. The van der Waals surface area contributed by atoms with E-state index in [1.54, 1.807) is 6.08 Å². The minimum Gasteiger partial charge on any atom is -0.394 e. The molecule has 0 aromatic carbocycles. The number of carbonyl (C=O) groups is 1. The molecule has 1 fully saturated rings. The summed E-state index contributed by atoms with van der Waals surface area (Å²) in [6.07, 6.45) is 52.4. The topological polar surface area (TPSA) is 149 Å². The summed E-state index contributed by atoms with van der Waals surface area (Å²) in [6.45, 7) is 3.53. The van der Waals surface area contributed by atoms with Crippen molar-refractivity contribution in [3.8, 4) is 0 Å². The van der Waals surface area contributed by atoms with Crippen LogP contribution in [0.3, 0.4) is 0 Å².